The van der Waals surface area contributed by atoms with Crippen LogP contribution in [0.3, 0.4) is 0 Å². The summed E-state index contributed by atoms with van der Waals surface area (Å²) in [5, 5.41) is 14.2. The first-order chi connectivity index (χ1) is 10.7. The number of nitro groups is 1. The van der Waals surface area contributed by atoms with Crippen molar-refractivity contribution in [1.29, 1.82) is 0 Å². The van der Waals surface area contributed by atoms with Crippen molar-refractivity contribution in [3.63, 3.8) is 0 Å². The molecule has 0 saturated heterocycles. The highest BCUT2D eigenvalue weighted by atomic mass is 79.9. The van der Waals surface area contributed by atoms with Crippen molar-refractivity contribution >= 4 is 37.1 Å². The summed E-state index contributed by atoms with van der Waals surface area (Å²) < 4.78 is 24.0. The van der Waals surface area contributed by atoms with Gasteiger partial charge >= 0.3 is 0 Å². The molecule has 0 aliphatic heterocycles. The average Bonchev–Trinajstić information content (AvgIpc) is 2.47. The van der Waals surface area contributed by atoms with E-state index in [9.17, 15) is 18.5 Å². The van der Waals surface area contributed by atoms with E-state index in [0.717, 1.165) is 27.9 Å². The standard InChI is InChI=1S/C15H15BrN2O4S/c1-10-3-4-12(16)7-11(10)9-17-14-6-5-13(23(2,21)22)8-15(14)18(19)20/h3-8,17H,9H2,1-2H3. The second-order valence-corrected chi connectivity index (χ2v) is 8.06. The van der Waals surface area contributed by atoms with E-state index in [-0.39, 0.29) is 16.3 Å². The topological polar surface area (TPSA) is 89.3 Å². The number of rotatable bonds is 5. The van der Waals surface area contributed by atoms with E-state index in [0.29, 0.717) is 6.54 Å². The molecule has 0 saturated carbocycles. The lowest BCUT2D eigenvalue weighted by atomic mass is 10.1. The third-order valence-corrected chi connectivity index (χ3v) is 4.98. The highest BCUT2D eigenvalue weighted by Crippen LogP contribution is 2.28. The zero-order valence-electron chi connectivity index (χ0n) is 12.5. The molecule has 6 nitrogen and oxygen atoms in total. The van der Waals surface area contributed by atoms with Crippen LogP contribution in [0.15, 0.2) is 45.8 Å². The Morgan fingerprint density at radius 3 is 2.52 bits per heavy atom. The van der Waals surface area contributed by atoms with E-state index in [2.05, 4.69) is 21.2 Å². The SMILES string of the molecule is Cc1ccc(Br)cc1CNc1ccc(S(C)(=O)=O)cc1[N+](=O)[O-]. The lowest BCUT2D eigenvalue weighted by Gasteiger charge is -2.11. The van der Waals surface area contributed by atoms with Gasteiger partial charge in [-0.3, -0.25) is 10.1 Å². The van der Waals surface area contributed by atoms with Gasteiger partial charge in [-0.05, 0) is 42.3 Å². The third-order valence-electron chi connectivity index (χ3n) is 3.37. The molecule has 0 heterocycles. The van der Waals surface area contributed by atoms with Gasteiger partial charge in [-0.25, -0.2) is 8.42 Å². The minimum absolute atomic E-state index is 0.0756. The van der Waals surface area contributed by atoms with E-state index in [1.54, 1.807) is 0 Å². The summed E-state index contributed by atoms with van der Waals surface area (Å²) in [6.45, 7) is 2.34. The van der Waals surface area contributed by atoms with Crippen molar-refractivity contribution in [3.8, 4) is 0 Å². The molecule has 0 aliphatic carbocycles. The van der Waals surface area contributed by atoms with E-state index in [1.807, 2.05) is 25.1 Å². The zero-order valence-corrected chi connectivity index (χ0v) is 14.9. The summed E-state index contributed by atoms with van der Waals surface area (Å²) in [5.41, 5.74) is 2.05. The monoisotopic (exact) mass is 398 g/mol. The summed E-state index contributed by atoms with van der Waals surface area (Å²) >= 11 is 3.39. The number of benzene rings is 2. The largest absolute Gasteiger partial charge is 0.375 e. The lowest BCUT2D eigenvalue weighted by molar-refractivity contribution is -0.384. The van der Waals surface area contributed by atoms with Crippen LogP contribution in [0.1, 0.15) is 11.1 Å². The van der Waals surface area contributed by atoms with Gasteiger partial charge in [0, 0.05) is 23.3 Å². The maximum atomic E-state index is 11.5. The molecule has 0 fully saturated rings. The van der Waals surface area contributed by atoms with Gasteiger partial charge < -0.3 is 5.32 Å². The van der Waals surface area contributed by atoms with Crippen LogP contribution < -0.4 is 5.32 Å². The number of hydrogen-bond acceptors (Lipinski definition) is 5. The molecule has 0 atom stereocenters. The smallest absolute Gasteiger partial charge is 0.293 e. The van der Waals surface area contributed by atoms with Crippen LogP contribution in [0.25, 0.3) is 0 Å². The molecule has 122 valence electrons. The first-order valence-electron chi connectivity index (χ1n) is 6.66. The van der Waals surface area contributed by atoms with E-state index in [4.69, 9.17) is 0 Å². The van der Waals surface area contributed by atoms with Crippen molar-refractivity contribution in [2.24, 2.45) is 0 Å². The Bertz CT molecular complexity index is 866. The Morgan fingerprint density at radius 2 is 1.91 bits per heavy atom. The Morgan fingerprint density at radius 1 is 1.22 bits per heavy atom. The van der Waals surface area contributed by atoms with Gasteiger partial charge in [-0.15, -0.1) is 0 Å². The van der Waals surface area contributed by atoms with Crippen LogP contribution in [0.5, 0.6) is 0 Å². The molecule has 0 radical (unpaired) electrons. The number of anilines is 1. The van der Waals surface area contributed by atoms with Crippen molar-refractivity contribution in [1.82, 2.24) is 0 Å². The molecule has 0 aliphatic rings. The number of sulfone groups is 1. The normalized spacial score (nSPS) is 11.3. The second kappa shape index (κ2) is 6.67. The first kappa shape index (κ1) is 17.4. The van der Waals surface area contributed by atoms with Crippen molar-refractivity contribution in [3.05, 3.63) is 62.1 Å². The molecule has 0 bridgehead atoms. The van der Waals surface area contributed by atoms with Crippen molar-refractivity contribution in [2.75, 3.05) is 11.6 Å². The molecule has 1 N–H and O–H groups in total. The summed E-state index contributed by atoms with van der Waals surface area (Å²) in [6.07, 6.45) is 1.02. The molecular formula is C15H15BrN2O4S. The molecule has 0 amide bonds. The van der Waals surface area contributed by atoms with Crippen LogP contribution in [0, 0.1) is 17.0 Å². The van der Waals surface area contributed by atoms with Crippen LogP contribution >= 0.6 is 15.9 Å². The van der Waals surface area contributed by atoms with Crippen molar-refractivity contribution in [2.45, 2.75) is 18.4 Å². The van der Waals surface area contributed by atoms with Gasteiger partial charge in [0.05, 0.1) is 9.82 Å². The molecule has 23 heavy (non-hydrogen) atoms. The van der Waals surface area contributed by atoms with E-state index < -0.39 is 14.8 Å². The summed E-state index contributed by atoms with van der Waals surface area (Å²) in [7, 11) is -3.49. The molecule has 2 rings (SSSR count). The van der Waals surface area contributed by atoms with Gasteiger partial charge in [0.15, 0.2) is 9.84 Å². The number of nitrogens with one attached hydrogen (secondary N) is 1. The fourth-order valence-electron chi connectivity index (χ4n) is 2.06. The van der Waals surface area contributed by atoms with Crippen molar-refractivity contribution < 1.29 is 13.3 Å². The number of nitrogens with zero attached hydrogens (tertiary/aromatic N) is 1. The Kier molecular flexibility index (Phi) is 5.06. The molecule has 8 heteroatoms. The van der Waals surface area contributed by atoms with Crippen LogP contribution in [-0.2, 0) is 16.4 Å². The molecule has 0 unspecified atom stereocenters. The molecule has 2 aromatic carbocycles. The summed E-state index contributed by atoms with van der Waals surface area (Å²) in [6, 6.07) is 9.65. The average molecular weight is 399 g/mol. The maximum Gasteiger partial charge on any atom is 0.293 e. The summed E-state index contributed by atoms with van der Waals surface area (Å²) in [4.78, 5) is 10.5. The zero-order chi connectivity index (χ0) is 17.2. The number of halogens is 1. The third kappa shape index (κ3) is 4.29. The number of hydrogen-bond donors (Lipinski definition) is 1. The van der Waals surface area contributed by atoms with Gasteiger partial charge in [0.25, 0.3) is 5.69 Å². The maximum absolute atomic E-state index is 11.5. The first-order valence-corrected chi connectivity index (χ1v) is 9.34. The molecular weight excluding hydrogens is 384 g/mol. The predicted molar refractivity (Wildman–Crippen MR) is 92.4 cm³/mol. The fraction of sp³-hybridized carbons (Fsp3) is 0.200. The molecule has 2 aromatic rings. The Hall–Kier alpha value is -1.93. The minimum atomic E-state index is -3.49. The van der Waals surface area contributed by atoms with Gasteiger partial charge in [0.1, 0.15) is 5.69 Å². The Labute approximate surface area is 142 Å². The van der Waals surface area contributed by atoms with Crippen LogP contribution in [0.4, 0.5) is 11.4 Å². The lowest BCUT2D eigenvalue weighted by Crippen LogP contribution is -2.05. The highest BCUT2D eigenvalue weighted by molar-refractivity contribution is 9.10. The quantitative estimate of drug-likeness (QED) is 0.612. The second-order valence-electron chi connectivity index (χ2n) is 5.13. The van der Waals surface area contributed by atoms with E-state index in [1.165, 1.54) is 12.1 Å². The van der Waals surface area contributed by atoms with Gasteiger partial charge in [0.2, 0.25) is 0 Å². The number of nitro benzene ring substituents is 1. The fourth-order valence-corrected chi connectivity index (χ4v) is 3.11. The predicted octanol–water partition coefficient (Wildman–Crippen LogP) is 3.68. The summed E-state index contributed by atoms with van der Waals surface area (Å²) in [5.74, 6) is 0. The Balaban J connectivity index is 2.33. The molecule has 0 spiro atoms. The van der Waals surface area contributed by atoms with Crippen LogP contribution in [0.2, 0.25) is 0 Å². The highest BCUT2D eigenvalue weighted by Gasteiger charge is 2.18. The van der Waals surface area contributed by atoms with E-state index >= 15 is 0 Å². The number of aryl methyl sites for hydroxylation is 1. The minimum Gasteiger partial charge on any atom is -0.375 e. The van der Waals surface area contributed by atoms with Gasteiger partial charge in [-0.1, -0.05) is 22.0 Å². The molecule has 0 aromatic heterocycles. The van der Waals surface area contributed by atoms with Crippen LogP contribution in [-0.4, -0.2) is 19.6 Å². The van der Waals surface area contributed by atoms with Gasteiger partial charge in [-0.2, -0.15) is 0 Å².